The van der Waals surface area contributed by atoms with Gasteiger partial charge in [0.2, 0.25) is 0 Å². The van der Waals surface area contributed by atoms with Gasteiger partial charge in [0, 0.05) is 18.9 Å². The Morgan fingerprint density at radius 3 is 2.71 bits per heavy atom. The van der Waals surface area contributed by atoms with Crippen molar-refractivity contribution in [2.45, 2.75) is 24.3 Å². The smallest absolute Gasteiger partial charge is 0.165 e. The Bertz CT molecular complexity index is 356. The lowest BCUT2D eigenvalue weighted by atomic mass is 10.3. The van der Waals surface area contributed by atoms with Gasteiger partial charge in [-0.3, -0.25) is 5.32 Å². The maximum Gasteiger partial charge on any atom is 0.165 e. The highest BCUT2D eigenvalue weighted by atomic mass is 35.5. The van der Waals surface area contributed by atoms with Gasteiger partial charge in [-0.2, -0.15) is 0 Å². The maximum atomic E-state index is 6.20. The number of halogens is 3. The second-order valence-corrected chi connectivity index (χ2v) is 5.81. The molecule has 17 heavy (non-hydrogen) atoms. The molecule has 0 bridgehead atoms. The standard InChI is InChI=1S/C11H16Cl3N3/c1-9(2)3-4-16-10(11(13,14)7-12)17-6-5-15-8-17/h3,5-6,8,10,16H,4,7H2,1-2H3. The summed E-state index contributed by atoms with van der Waals surface area (Å²) < 4.78 is 0.721. The van der Waals surface area contributed by atoms with E-state index in [0.29, 0.717) is 6.54 Å². The predicted molar refractivity (Wildman–Crippen MR) is 73.9 cm³/mol. The molecule has 0 aliphatic rings. The molecule has 0 saturated carbocycles. The lowest BCUT2D eigenvalue weighted by Crippen LogP contribution is -2.40. The first-order valence-electron chi connectivity index (χ1n) is 5.25. The molecule has 3 nitrogen and oxygen atoms in total. The van der Waals surface area contributed by atoms with Crippen LogP contribution in [0.15, 0.2) is 30.4 Å². The molecule has 0 amide bonds. The molecule has 1 aromatic heterocycles. The summed E-state index contributed by atoms with van der Waals surface area (Å²) in [4.78, 5) is 3.98. The lowest BCUT2D eigenvalue weighted by Gasteiger charge is -2.29. The number of rotatable bonds is 6. The summed E-state index contributed by atoms with van der Waals surface area (Å²) in [6.07, 6.45) is 6.87. The van der Waals surface area contributed by atoms with Crippen LogP contribution < -0.4 is 5.32 Å². The van der Waals surface area contributed by atoms with Crippen molar-refractivity contribution in [2.75, 3.05) is 12.4 Å². The molecule has 1 N–H and O–H groups in total. The van der Waals surface area contributed by atoms with Crippen LogP contribution in [0, 0.1) is 0 Å². The number of hydrogen-bond donors (Lipinski definition) is 1. The lowest BCUT2D eigenvalue weighted by molar-refractivity contribution is 0.391. The summed E-state index contributed by atoms with van der Waals surface area (Å²) in [5.41, 5.74) is 1.22. The van der Waals surface area contributed by atoms with E-state index in [2.05, 4.69) is 16.4 Å². The number of nitrogens with zero attached hydrogens (tertiary/aromatic N) is 2. The highest BCUT2D eigenvalue weighted by Crippen LogP contribution is 2.33. The van der Waals surface area contributed by atoms with Gasteiger partial charge in [-0.25, -0.2) is 4.98 Å². The number of aromatic nitrogens is 2. The monoisotopic (exact) mass is 295 g/mol. The van der Waals surface area contributed by atoms with Crippen LogP contribution in [-0.2, 0) is 0 Å². The fraction of sp³-hybridized carbons (Fsp3) is 0.545. The van der Waals surface area contributed by atoms with Crippen LogP contribution in [0.4, 0.5) is 0 Å². The molecule has 0 aliphatic carbocycles. The Morgan fingerprint density at radius 1 is 1.53 bits per heavy atom. The topological polar surface area (TPSA) is 29.9 Å². The van der Waals surface area contributed by atoms with E-state index in [4.69, 9.17) is 34.8 Å². The van der Waals surface area contributed by atoms with Gasteiger partial charge >= 0.3 is 0 Å². The molecule has 1 heterocycles. The maximum absolute atomic E-state index is 6.20. The molecule has 6 heteroatoms. The van der Waals surface area contributed by atoms with Gasteiger partial charge in [-0.15, -0.1) is 11.6 Å². The predicted octanol–water partition coefficient (Wildman–Crippen LogP) is 3.35. The average Bonchev–Trinajstić information content (AvgIpc) is 2.76. The second-order valence-electron chi connectivity index (χ2n) is 4.00. The number of hydrogen-bond acceptors (Lipinski definition) is 2. The first kappa shape index (κ1) is 14.8. The van der Waals surface area contributed by atoms with Crippen molar-refractivity contribution >= 4 is 34.8 Å². The normalized spacial score (nSPS) is 13.5. The van der Waals surface area contributed by atoms with Crippen molar-refractivity contribution in [3.63, 3.8) is 0 Å². The van der Waals surface area contributed by atoms with E-state index in [1.54, 1.807) is 23.3 Å². The third-order valence-corrected chi connectivity index (χ3v) is 3.60. The largest absolute Gasteiger partial charge is 0.318 e. The first-order valence-corrected chi connectivity index (χ1v) is 6.54. The summed E-state index contributed by atoms with van der Waals surface area (Å²) in [6, 6.07) is 0. The number of allylic oxidation sites excluding steroid dienone is 1. The molecular formula is C11H16Cl3N3. The number of imidazole rings is 1. The quantitative estimate of drug-likeness (QED) is 0.644. The highest BCUT2D eigenvalue weighted by Gasteiger charge is 2.34. The first-order chi connectivity index (χ1) is 7.97. The van der Waals surface area contributed by atoms with E-state index >= 15 is 0 Å². The summed E-state index contributed by atoms with van der Waals surface area (Å²) in [6.45, 7) is 4.73. The molecule has 0 spiro atoms. The van der Waals surface area contributed by atoms with Gasteiger partial charge in [0.1, 0.15) is 6.17 Å². The summed E-state index contributed by atoms with van der Waals surface area (Å²) >= 11 is 18.2. The van der Waals surface area contributed by atoms with Crippen LogP contribution in [0.25, 0.3) is 0 Å². The van der Waals surface area contributed by atoms with Crippen LogP contribution in [0.3, 0.4) is 0 Å². The van der Waals surface area contributed by atoms with E-state index < -0.39 is 4.33 Å². The minimum atomic E-state index is -1.09. The Hall–Kier alpha value is -0.220. The minimum Gasteiger partial charge on any atom is -0.318 e. The van der Waals surface area contributed by atoms with Crippen molar-refractivity contribution in [3.05, 3.63) is 30.4 Å². The van der Waals surface area contributed by atoms with Crippen molar-refractivity contribution in [1.82, 2.24) is 14.9 Å². The Kier molecular flexibility index (Phi) is 5.80. The zero-order chi connectivity index (χ0) is 12.9. The van der Waals surface area contributed by atoms with Crippen molar-refractivity contribution in [3.8, 4) is 0 Å². The molecule has 0 aliphatic heterocycles. The van der Waals surface area contributed by atoms with Crippen LogP contribution in [0.2, 0.25) is 0 Å². The van der Waals surface area contributed by atoms with E-state index in [1.807, 2.05) is 13.8 Å². The molecule has 0 saturated heterocycles. The molecule has 96 valence electrons. The average molecular weight is 297 g/mol. The van der Waals surface area contributed by atoms with Gasteiger partial charge in [-0.1, -0.05) is 34.9 Å². The van der Waals surface area contributed by atoms with Gasteiger partial charge in [-0.05, 0) is 13.8 Å². The van der Waals surface area contributed by atoms with Crippen LogP contribution >= 0.6 is 34.8 Å². The van der Waals surface area contributed by atoms with Gasteiger partial charge in [0.05, 0.1) is 12.2 Å². The zero-order valence-electron chi connectivity index (χ0n) is 9.83. The van der Waals surface area contributed by atoms with E-state index in [0.717, 1.165) is 0 Å². The summed E-state index contributed by atoms with van der Waals surface area (Å²) in [5, 5.41) is 3.24. The van der Waals surface area contributed by atoms with Crippen molar-refractivity contribution < 1.29 is 0 Å². The highest BCUT2D eigenvalue weighted by molar-refractivity contribution is 6.51. The zero-order valence-corrected chi connectivity index (χ0v) is 12.1. The fourth-order valence-corrected chi connectivity index (χ4v) is 1.87. The summed E-state index contributed by atoms with van der Waals surface area (Å²) in [7, 11) is 0. The molecule has 0 fully saturated rings. The van der Waals surface area contributed by atoms with Crippen molar-refractivity contribution in [2.24, 2.45) is 0 Å². The third-order valence-electron chi connectivity index (χ3n) is 2.22. The van der Waals surface area contributed by atoms with Gasteiger partial charge in [0.15, 0.2) is 4.33 Å². The summed E-state index contributed by atoms with van der Waals surface area (Å²) in [5.74, 6) is 0.126. The van der Waals surface area contributed by atoms with E-state index in [1.165, 1.54) is 5.57 Å². The van der Waals surface area contributed by atoms with Crippen LogP contribution in [0.1, 0.15) is 20.0 Å². The molecule has 0 aromatic carbocycles. The Morgan fingerprint density at radius 2 is 2.24 bits per heavy atom. The fourth-order valence-electron chi connectivity index (χ4n) is 1.34. The molecule has 0 radical (unpaired) electrons. The van der Waals surface area contributed by atoms with Crippen LogP contribution in [0.5, 0.6) is 0 Å². The van der Waals surface area contributed by atoms with E-state index in [-0.39, 0.29) is 12.0 Å². The SMILES string of the molecule is CC(C)=CCNC(n1ccnc1)C(Cl)(Cl)CCl. The van der Waals surface area contributed by atoms with Crippen molar-refractivity contribution in [1.29, 1.82) is 0 Å². The molecule has 1 rings (SSSR count). The molecule has 1 aromatic rings. The minimum absolute atomic E-state index is 0.126. The number of nitrogens with one attached hydrogen (secondary N) is 1. The Balaban J connectivity index is 2.77. The number of alkyl halides is 3. The molecular weight excluding hydrogens is 281 g/mol. The second kappa shape index (κ2) is 6.64. The van der Waals surface area contributed by atoms with Gasteiger partial charge in [0.25, 0.3) is 0 Å². The van der Waals surface area contributed by atoms with Gasteiger partial charge < -0.3 is 4.57 Å². The Labute approximate surface area is 117 Å². The molecule has 1 unspecified atom stereocenters. The molecule has 1 atom stereocenters. The van der Waals surface area contributed by atoms with E-state index in [9.17, 15) is 0 Å². The third kappa shape index (κ3) is 4.51. The van der Waals surface area contributed by atoms with Crippen LogP contribution in [-0.4, -0.2) is 26.3 Å².